The van der Waals surface area contributed by atoms with Crippen molar-refractivity contribution in [2.24, 2.45) is 0 Å². The fraction of sp³-hybridized carbons (Fsp3) is 1.00. The predicted molar refractivity (Wildman–Crippen MR) is 50.4 cm³/mol. The number of rotatable bonds is 4. The standard InChI is InChI=1S/C10H19NO2/c1-2-3-4-5-10-6-12-8-11(10)9-13-7-10/h2-9H2,1H3. The van der Waals surface area contributed by atoms with Crippen LogP contribution in [0.15, 0.2) is 0 Å². The van der Waals surface area contributed by atoms with Crippen molar-refractivity contribution in [2.75, 3.05) is 26.7 Å². The van der Waals surface area contributed by atoms with Gasteiger partial charge in [-0.1, -0.05) is 26.2 Å². The van der Waals surface area contributed by atoms with Crippen molar-refractivity contribution in [1.29, 1.82) is 0 Å². The van der Waals surface area contributed by atoms with Crippen molar-refractivity contribution in [3.63, 3.8) is 0 Å². The van der Waals surface area contributed by atoms with Crippen LogP contribution in [0.25, 0.3) is 0 Å². The first kappa shape index (κ1) is 9.44. The van der Waals surface area contributed by atoms with Crippen LogP contribution in [-0.2, 0) is 9.47 Å². The predicted octanol–water partition coefficient (Wildman–Crippen LogP) is 1.58. The minimum atomic E-state index is 0.245. The second-order valence-electron chi connectivity index (χ2n) is 4.18. The highest BCUT2D eigenvalue weighted by atomic mass is 16.6. The molecule has 0 aromatic heterocycles. The van der Waals surface area contributed by atoms with Crippen LogP contribution in [0.1, 0.15) is 32.6 Å². The molecule has 0 aromatic rings. The van der Waals surface area contributed by atoms with Crippen molar-refractivity contribution in [3.8, 4) is 0 Å². The van der Waals surface area contributed by atoms with E-state index in [1.807, 2.05) is 0 Å². The van der Waals surface area contributed by atoms with Gasteiger partial charge in [-0.25, -0.2) is 4.90 Å². The van der Waals surface area contributed by atoms with Crippen LogP contribution in [0.2, 0.25) is 0 Å². The topological polar surface area (TPSA) is 21.7 Å². The summed E-state index contributed by atoms with van der Waals surface area (Å²) >= 11 is 0. The lowest BCUT2D eigenvalue weighted by Gasteiger charge is -2.27. The highest BCUT2D eigenvalue weighted by molar-refractivity contribution is 4.95. The van der Waals surface area contributed by atoms with E-state index in [0.717, 1.165) is 26.7 Å². The van der Waals surface area contributed by atoms with Crippen LogP contribution in [0, 0.1) is 0 Å². The third-order valence-electron chi connectivity index (χ3n) is 3.15. The second kappa shape index (κ2) is 3.95. The van der Waals surface area contributed by atoms with Gasteiger partial charge in [-0.05, 0) is 6.42 Å². The van der Waals surface area contributed by atoms with Crippen LogP contribution >= 0.6 is 0 Å². The molecule has 2 aliphatic rings. The van der Waals surface area contributed by atoms with Crippen LogP contribution in [0.5, 0.6) is 0 Å². The molecule has 0 aromatic carbocycles. The molecular weight excluding hydrogens is 166 g/mol. The fourth-order valence-corrected chi connectivity index (χ4v) is 2.23. The molecule has 0 spiro atoms. The smallest absolute Gasteiger partial charge is 0.101 e. The van der Waals surface area contributed by atoms with Gasteiger partial charge in [0, 0.05) is 0 Å². The van der Waals surface area contributed by atoms with Gasteiger partial charge in [0.15, 0.2) is 0 Å². The Kier molecular flexibility index (Phi) is 2.86. The highest BCUT2D eigenvalue weighted by Gasteiger charge is 2.45. The lowest BCUT2D eigenvalue weighted by molar-refractivity contribution is 0.0695. The molecule has 0 amide bonds. The summed E-state index contributed by atoms with van der Waals surface area (Å²) in [6, 6.07) is 0. The average Bonchev–Trinajstić information content (AvgIpc) is 2.63. The van der Waals surface area contributed by atoms with Crippen LogP contribution in [0.4, 0.5) is 0 Å². The minimum absolute atomic E-state index is 0.245. The Balaban J connectivity index is 1.86. The van der Waals surface area contributed by atoms with E-state index in [2.05, 4.69) is 11.8 Å². The van der Waals surface area contributed by atoms with E-state index in [9.17, 15) is 0 Å². The van der Waals surface area contributed by atoms with Crippen molar-refractivity contribution in [3.05, 3.63) is 0 Å². The minimum Gasteiger partial charge on any atom is -0.364 e. The number of fused-ring (bicyclic) bond motifs is 1. The Hall–Kier alpha value is -0.120. The van der Waals surface area contributed by atoms with Gasteiger partial charge in [-0.2, -0.15) is 0 Å². The maximum Gasteiger partial charge on any atom is 0.101 e. The molecule has 2 fully saturated rings. The average molecular weight is 185 g/mol. The molecule has 2 rings (SSSR count). The van der Waals surface area contributed by atoms with Crippen molar-refractivity contribution in [1.82, 2.24) is 4.90 Å². The van der Waals surface area contributed by atoms with Crippen LogP contribution < -0.4 is 0 Å². The quantitative estimate of drug-likeness (QED) is 0.621. The van der Waals surface area contributed by atoms with E-state index in [4.69, 9.17) is 9.47 Å². The summed E-state index contributed by atoms with van der Waals surface area (Å²) in [4.78, 5) is 2.34. The summed E-state index contributed by atoms with van der Waals surface area (Å²) in [6.45, 7) is 5.53. The second-order valence-corrected chi connectivity index (χ2v) is 4.18. The summed E-state index contributed by atoms with van der Waals surface area (Å²) in [5, 5.41) is 0. The third-order valence-corrected chi connectivity index (χ3v) is 3.15. The zero-order valence-corrected chi connectivity index (χ0v) is 8.42. The molecule has 2 heterocycles. The molecule has 0 aliphatic carbocycles. The Morgan fingerprint density at radius 1 is 1.15 bits per heavy atom. The largest absolute Gasteiger partial charge is 0.364 e. The number of hydrogen-bond donors (Lipinski definition) is 0. The number of nitrogens with zero attached hydrogens (tertiary/aromatic N) is 1. The lowest BCUT2D eigenvalue weighted by atomic mass is 9.94. The fourth-order valence-electron chi connectivity index (χ4n) is 2.23. The molecule has 3 heteroatoms. The van der Waals surface area contributed by atoms with Crippen molar-refractivity contribution >= 4 is 0 Å². The Morgan fingerprint density at radius 2 is 1.85 bits per heavy atom. The summed E-state index contributed by atoms with van der Waals surface area (Å²) in [7, 11) is 0. The van der Waals surface area contributed by atoms with E-state index < -0.39 is 0 Å². The van der Waals surface area contributed by atoms with E-state index in [1.54, 1.807) is 0 Å². The van der Waals surface area contributed by atoms with Gasteiger partial charge in [0.05, 0.1) is 18.8 Å². The Morgan fingerprint density at radius 3 is 2.46 bits per heavy atom. The normalized spacial score (nSPS) is 26.5. The van der Waals surface area contributed by atoms with E-state index in [0.29, 0.717) is 0 Å². The van der Waals surface area contributed by atoms with Crippen LogP contribution in [0.3, 0.4) is 0 Å². The zero-order chi connectivity index (χ0) is 9.15. The maximum absolute atomic E-state index is 5.49. The molecule has 0 N–H and O–H groups in total. The molecule has 2 saturated heterocycles. The molecule has 0 bridgehead atoms. The van der Waals surface area contributed by atoms with Crippen molar-refractivity contribution < 1.29 is 9.47 Å². The first-order chi connectivity index (χ1) is 6.37. The lowest BCUT2D eigenvalue weighted by Crippen LogP contribution is -2.42. The molecule has 2 aliphatic heterocycles. The first-order valence-electron chi connectivity index (χ1n) is 5.28. The number of unbranched alkanes of at least 4 members (excludes halogenated alkanes) is 2. The molecule has 0 radical (unpaired) electrons. The summed E-state index contributed by atoms with van der Waals surface area (Å²) < 4.78 is 11.0. The van der Waals surface area contributed by atoms with Gasteiger partial charge in [0.25, 0.3) is 0 Å². The van der Waals surface area contributed by atoms with Crippen LogP contribution in [-0.4, -0.2) is 37.1 Å². The maximum atomic E-state index is 5.49. The van der Waals surface area contributed by atoms with Gasteiger partial charge in [0.1, 0.15) is 13.5 Å². The highest BCUT2D eigenvalue weighted by Crippen LogP contribution is 2.32. The van der Waals surface area contributed by atoms with E-state index >= 15 is 0 Å². The Labute approximate surface area is 80.0 Å². The summed E-state index contributed by atoms with van der Waals surface area (Å²) in [5.74, 6) is 0. The van der Waals surface area contributed by atoms with Gasteiger partial charge in [-0.3, -0.25) is 0 Å². The van der Waals surface area contributed by atoms with Gasteiger partial charge >= 0.3 is 0 Å². The number of ether oxygens (including phenoxy) is 2. The van der Waals surface area contributed by atoms with Crippen molar-refractivity contribution in [2.45, 2.75) is 38.1 Å². The summed E-state index contributed by atoms with van der Waals surface area (Å²) in [5.41, 5.74) is 0.245. The molecule has 3 nitrogen and oxygen atoms in total. The van der Waals surface area contributed by atoms with Gasteiger partial charge in [-0.15, -0.1) is 0 Å². The molecule has 76 valence electrons. The molecular formula is C10H19NO2. The van der Waals surface area contributed by atoms with Gasteiger partial charge < -0.3 is 9.47 Å². The number of hydrogen-bond acceptors (Lipinski definition) is 3. The SMILES string of the molecule is CCCCCC12COCN1COC2. The summed E-state index contributed by atoms with van der Waals surface area (Å²) in [6.07, 6.45) is 5.16. The van der Waals surface area contributed by atoms with Gasteiger partial charge in [0.2, 0.25) is 0 Å². The Bertz CT molecular complexity index is 162. The molecule has 13 heavy (non-hydrogen) atoms. The molecule has 0 atom stereocenters. The molecule has 0 saturated carbocycles. The zero-order valence-electron chi connectivity index (χ0n) is 8.42. The monoisotopic (exact) mass is 185 g/mol. The third kappa shape index (κ3) is 1.73. The first-order valence-corrected chi connectivity index (χ1v) is 5.28. The van der Waals surface area contributed by atoms with E-state index in [-0.39, 0.29) is 5.54 Å². The van der Waals surface area contributed by atoms with E-state index in [1.165, 1.54) is 25.7 Å². The molecule has 0 unspecified atom stereocenters.